The summed E-state index contributed by atoms with van der Waals surface area (Å²) in [4.78, 5) is 26.7. The molecular weight excluding hydrogens is 492 g/mol. The Hall–Kier alpha value is -3.65. The lowest BCUT2D eigenvalue weighted by atomic mass is 9.83. The topological polar surface area (TPSA) is 100 Å². The molecule has 8 heteroatoms. The van der Waals surface area contributed by atoms with E-state index in [1.165, 1.54) is 29.3 Å². The molecule has 2 aliphatic carbocycles. The van der Waals surface area contributed by atoms with Crippen molar-refractivity contribution in [3.05, 3.63) is 59.3 Å². The molecule has 0 bridgehead atoms. The van der Waals surface area contributed by atoms with Crippen LogP contribution in [0.1, 0.15) is 65.9 Å². The third-order valence-corrected chi connectivity index (χ3v) is 9.13. The molecule has 4 aromatic rings. The average Bonchev–Trinajstić information content (AvgIpc) is 3.57. The van der Waals surface area contributed by atoms with E-state index in [-0.39, 0.29) is 23.5 Å². The Kier molecular flexibility index (Phi) is 5.77. The molecule has 0 atom stereocenters. The minimum absolute atomic E-state index is 0.0511. The number of fused-ring (bicyclic) bond motifs is 2. The van der Waals surface area contributed by atoms with Crippen molar-refractivity contribution in [2.75, 3.05) is 13.1 Å². The maximum Gasteiger partial charge on any atom is 0.337 e. The standard InChI is InChI=1S/C31H34N4O4/c1-18-26-12-9-22(31(38)39)17-35(26)32-28(18)27-13-21-3-2-4-25(29(21)34(27)14-19-5-6-19)23-15-33(16-23)30(37)20-7-10-24(36)11-8-20/h2-4,9,12-13,17,19-20,23-24,36H,5-8,10-11,14-16H2,1H3,(H,38,39). The number of nitrogens with zero attached hydrogens (tertiary/aromatic N) is 4. The average molecular weight is 527 g/mol. The van der Waals surface area contributed by atoms with Crippen LogP contribution < -0.4 is 0 Å². The van der Waals surface area contributed by atoms with Gasteiger partial charge in [-0.3, -0.25) is 4.79 Å². The van der Waals surface area contributed by atoms with Crippen molar-refractivity contribution < 1.29 is 19.8 Å². The molecule has 202 valence electrons. The Morgan fingerprint density at radius 2 is 1.79 bits per heavy atom. The fraction of sp³-hybridized carbons (Fsp3) is 0.452. The van der Waals surface area contributed by atoms with Crippen molar-refractivity contribution >= 4 is 28.3 Å². The maximum absolute atomic E-state index is 13.1. The van der Waals surface area contributed by atoms with Crippen molar-refractivity contribution in [1.29, 1.82) is 0 Å². The number of hydrogen-bond donors (Lipinski definition) is 2. The van der Waals surface area contributed by atoms with Crippen molar-refractivity contribution in [2.24, 2.45) is 11.8 Å². The Bertz CT molecular complexity index is 1600. The summed E-state index contributed by atoms with van der Waals surface area (Å²) < 4.78 is 4.12. The van der Waals surface area contributed by atoms with Crippen molar-refractivity contribution in [3.63, 3.8) is 0 Å². The summed E-state index contributed by atoms with van der Waals surface area (Å²) in [6.45, 7) is 4.47. The zero-order valence-corrected chi connectivity index (χ0v) is 22.2. The summed E-state index contributed by atoms with van der Waals surface area (Å²) in [5, 5.41) is 25.3. The highest BCUT2D eigenvalue weighted by atomic mass is 16.4. The predicted octanol–water partition coefficient (Wildman–Crippen LogP) is 4.85. The van der Waals surface area contributed by atoms with Crippen molar-refractivity contribution in [3.8, 4) is 11.4 Å². The minimum atomic E-state index is -0.965. The highest BCUT2D eigenvalue weighted by Gasteiger charge is 2.38. The van der Waals surface area contributed by atoms with E-state index in [2.05, 4.69) is 35.8 Å². The van der Waals surface area contributed by atoms with Gasteiger partial charge in [0.1, 0.15) is 5.69 Å². The third-order valence-electron chi connectivity index (χ3n) is 9.13. The van der Waals surface area contributed by atoms with Crippen molar-refractivity contribution in [2.45, 2.75) is 64.0 Å². The fourth-order valence-electron chi connectivity index (χ4n) is 6.61. The van der Waals surface area contributed by atoms with Gasteiger partial charge in [0.25, 0.3) is 0 Å². The number of amides is 1. The van der Waals surface area contributed by atoms with Gasteiger partial charge in [-0.2, -0.15) is 5.10 Å². The molecule has 7 rings (SSSR count). The van der Waals surface area contributed by atoms with Gasteiger partial charge in [-0.1, -0.05) is 18.2 Å². The first kappa shape index (κ1) is 24.4. The summed E-state index contributed by atoms with van der Waals surface area (Å²) in [6.07, 6.45) is 6.83. The zero-order chi connectivity index (χ0) is 26.8. The molecule has 3 aromatic heterocycles. The van der Waals surface area contributed by atoms with Crippen LogP contribution in [0.25, 0.3) is 27.8 Å². The van der Waals surface area contributed by atoms with Crippen LogP contribution in [0.2, 0.25) is 0 Å². The molecule has 1 saturated heterocycles. The summed E-state index contributed by atoms with van der Waals surface area (Å²) in [5.41, 5.74) is 6.62. The molecule has 3 fully saturated rings. The monoisotopic (exact) mass is 526 g/mol. The van der Waals surface area contributed by atoms with Crippen LogP contribution in [0.3, 0.4) is 0 Å². The molecule has 39 heavy (non-hydrogen) atoms. The molecule has 2 saturated carbocycles. The largest absolute Gasteiger partial charge is 0.478 e. The lowest BCUT2D eigenvalue weighted by molar-refractivity contribution is -0.141. The highest BCUT2D eigenvalue weighted by Crippen LogP contribution is 2.41. The second-order valence-electron chi connectivity index (χ2n) is 11.8. The molecule has 2 N–H and O–H groups in total. The number of carbonyl (C=O) groups excluding carboxylic acids is 1. The van der Waals surface area contributed by atoms with Gasteiger partial charge in [0.05, 0.1) is 28.4 Å². The van der Waals surface area contributed by atoms with E-state index >= 15 is 0 Å². The number of hydrogen-bond acceptors (Lipinski definition) is 4. The van der Waals surface area contributed by atoms with Crippen LogP contribution in [0.5, 0.6) is 0 Å². The van der Waals surface area contributed by atoms with E-state index in [1.807, 2.05) is 11.0 Å². The first-order valence-electron chi connectivity index (χ1n) is 14.2. The Morgan fingerprint density at radius 1 is 1.03 bits per heavy atom. The molecular formula is C31H34N4O4. The number of benzene rings is 1. The summed E-state index contributed by atoms with van der Waals surface area (Å²) in [7, 11) is 0. The second-order valence-corrected chi connectivity index (χ2v) is 11.8. The molecule has 1 aliphatic heterocycles. The molecule has 8 nitrogen and oxygen atoms in total. The van der Waals surface area contributed by atoms with Crippen LogP contribution in [0.4, 0.5) is 0 Å². The number of aliphatic hydroxyl groups excluding tert-OH is 1. The van der Waals surface area contributed by atoms with Gasteiger partial charge < -0.3 is 19.7 Å². The van der Waals surface area contributed by atoms with E-state index in [9.17, 15) is 19.8 Å². The van der Waals surface area contributed by atoms with Gasteiger partial charge in [-0.05, 0) is 75.1 Å². The number of pyridine rings is 1. The zero-order valence-electron chi connectivity index (χ0n) is 22.2. The van der Waals surface area contributed by atoms with E-state index in [0.717, 1.165) is 67.8 Å². The summed E-state index contributed by atoms with van der Waals surface area (Å²) in [6, 6.07) is 12.2. The van der Waals surface area contributed by atoms with Crippen LogP contribution in [-0.2, 0) is 11.3 Å². The Balaban J connectivity index is 1.24. The second kappa shape index (κ2) is 9.23. The molecule has 0 unspecified atom stereocenters. The Morgan fingerprint density at radius 3 is 2.51 bits per heavy atom. The maximum atomic E-state index is 13.1. The van der Waals surface area contributed by atoms with E-state index < -0.39 is 5.97 Å². The molecule has 3 aliphatic rings. The predicted molar refractivity (Wildman–Crippen MR) is 148 cm³/mol. The van der Waals surface area contributed by atoms with Gasteiger partial charge >= 0.3 is 5.97 Å². The smallest absolute Gasteiger partial charge is 0.337 e. The van der Waals surface area contributed by atoms with Gasteiger partial charge in [-0.25, -0.2) is 9.31 Å². The summed E-state index contributed by atoms with van der Waals surface area (Å²) >= 11 is 0. The number of aliphatic hydroxyl groups is 1. The first-order valence-corrected chi connectivity index (χ1v) is 14.2. The number of aromatic nitrogens is 3. The third kappa shape index (κ3) is 4.22. The molecule has 1 aromatic carbocycles. The number of aromatic carboxylic acids is 1. The molecule has 0 spiro atoms. The van der Waals surface area contributed by atoms with Gasteiger partial charge in [-0.15, -0.1) is 0 Å². The van der Waals surface area contributed by atoms with Crippen LogP contribution in [0.15, 0.2) is 42.6 Å². The lowest BCUT2D eigenvalue weighted by Crippen LogP contribution is -2.51. The SMILES string of the molecule is Cc1c(-c2cc3cccc(C4CN(C(=O)C5CCC(O)CC5)C4)c3n2CC2CC2)nn2cc(C(=O)O)ccc12. The van der Waals surface area contributed by atoms with E-state index in [4.69, 9.17) is 5.10 Å². The lowest BCUT2D eigenvalue weighted by Gasteiger charge is -2.42. The van der Waals surface area contributed by atoms with E-state index in [0.29, 0.717) is 11.8 Å². The van der Waals surface area contributed by atoms with E-state index in [1.54, 1.807) is 16.8 Å². The fourth-order valence-corrected chi connectivity index (χ4v) is 6.61. The number of para-hydroxylation sites is 1. The first-order chi connectivity index (χ1) is 18.9. The minimum Gasteiger partial charge on any atom is -0.478 e. The number of aryl methyl sites for hydroxylation is 1. The van der Waals surface area contributed by atoms with Gasteiger partial charge in [0.15, 0.2) is 0 Å². The normalized spacial score (nSPS) is 21.9. The van der Waals surface area contributed by atoms with Crippen LogP contribution in [-0.4, -0.2) is 60.4 Å². The molecule has 4 heterocycles. The number of carbonyl (C=O) groups is 2. The number of rotatable bonds is 6. The highest BCUT2D eigenvalue weighted by molar-refractivity contribution is 5.92. The Labute approximate surface area is 226 Å². The molecule has 0 radical (unpaired) electrons. The van der Waals surface area contributed by atoms with Crippen LogP contribution in [0, 0.1) is 18.8 Å². The molecule has 1 amide bonds. The number of carboxylic acid groups (broad SMARTS) is 1. The quantitative estimate of drug-likeness (QED) is 0.374. The van der Waals surface area contributed by atoms with Gasteiger partial charge in [0.2, 0.25) is 5.91 Å². The van der Waals surface area contributed by atoms with Gasteiger partial charge in [0, 0.05) is 48.6 Å². The number of likely N-dealkylation sites (tertiary alicyclic amines) is 1. The van der Waals surface area contributed by atoms with Crippen molar-refractivity contribution in [1.82, 2.24) is 19.1 Å². The number of carboxylic acids is 1. The summed E-state index contributed by atoms with van der Waals surface area (Å²) in [5.74, 6) is 0.293. The van der Waals surface area contributed by atoms with Crippen LogP contribution >= 0.6 is 0 Å².